The van der Waals surface area contributed by atoms with E-state index in [1.165, 1.54) is 11.5 Å². The minimum Gasteiger partial charge on any atom is -0.383 e. The zero-order valence-electron chi connectivity index (χ0n) is 11.4. The van der Waals surface area contributed by atoms with Crippen molar-refractivity contribution < 1.29 is 0 Å². The molecular weight excluding hydrogens is 276 g/mol. The first-order valence-corrected chi connectivity index (χ1v) is 8.68. The molecule has 1 fully saturated rings. The molecule has 6 heteroatoms. The van der Waals surface area contributed by atoms with E-state index in [4.69, 9.17) is 11.6 Å². The number of hydrazine groups is 1. The number of nitrogens with one attached hydrogen (secondary N) is 1. The number of nitrogen functional groups attached to an aromatic ring is 1. The number of hydrogen-bond acceptors (Lipinski definition) is 6. The van der Waals surface area contributed by atoms with Crippen molar-refractivity contribution in [3.05, 3.63) is 23.4 Å². The lowest BCUT2D eigenvalue weighted by atomic mass is 10.00. The molecule has 1 aliphatic heterocycles. The second kappa shape index (κ2) is 6.83. The van der Waals surface area contributed by atoms with E-state index >= 15 is 0 Å². The second-order valence-electron chi connectivity index (χ2n) is 4.78. The molecule has 0 spiro atoms. The lowest BCUT2D eigenvalue weighted by Crippen LogP contribution is -2.42. The Morgan fingerprint density at radius 1 is 1.47 bits per heavy atom. The normalized spacial score (nSPS) is 25.2. The predicted octanol–water partition coefficient (Wildman–Crippen LogP) is 2.10. The number of rotatable bonds is 4. The van der Waals surface area contributed by atoms with Gasteiger partial charge in [-0.2, -0.15) is 23.5 Å². The smallest absolute Gasteiger partial charge is 0.128 e. The summed E-state index contributed by atoms with van der Waals surface area (Å²) >= 11 is 4.03. The van der Waals surface area contributed by atoms with E-state index in [2.05, 4.69) is 23.4 Å². The highest BCUT2D eigenvalue weighted by Gasteiger charge is 2.33. The van der Waals surface area contributed by atoms with Crippen molar-refractivity contribution in [1.29, 1.82) is 0 Å². The van der Waals surface area contributed by atoms with Crippen molar-refractivity contribution in [2.75, 3.05) is 17.2 Å². The van der Waals surface area contributed by atoms with Crippen LogP contribution in [0.1, 0.15) is 30.5 Å². The molecule has 4 nitrogen and oxygen atoms in total. The molecule has 106 valence electrons. The summed E-state index contributed by atoms with van der Waals surface area (Å²) in [6.07, 6.45) is 2.95. The summed E-state index contributed by atoms with van der Waals surface area (Å²) in [5, 5.41) is 1.05. The van der Waals surface area contributed by atoms with Gasteiger partial charge in [0.2, 0.25) is 0 Å². The van der Waals surface area contributed by atoms with Crippen molar-refractivity contribution in [3.8, 4) is 0 Å². The average Bonchev–Trinajstić information content (AvgIpc) is 2.44. The van der Waals surface area contributed by atoms with E-state index in [0.717, 1.165) is 17.5 Å². The third kappa shape index (κ3) is 3.37. The first-order chi connectivity index (χ1) is 9.17. The molecule has 1 aliphatic rings. The highest BCUT2D eigenvalue weighted by atomic mass is 32.2. The van der Waals surface area contributed by atoms with Gasteiger partial charge < -0.3 is 5.73 Å². The molecule has 0 saturated carbocycles. The molecule has 3 unspecified atom stereocenters. The number of hydrogen-bond donors (Lipinski definition) is 3. The van der Waals surface area contributed by atoms with Gasteiger partial charge in [-0.25, -0.2) is 4.98 Å². The standard InChI is InChI=1S/C13H22N4S2/c1-3-10-12(19-5-4-18-10)11(17-15)9-6-8(2)7-16-13(9)14/h6-7,10-12,17H,3-5,15H2,1-2H3,(H2,14,16). The molecule has 2 heterocycles. The molecule has 1 aromatic rings. The van der Waals surface area contributed by atoms with Crippen LogP contribution in [0.2, 0.25) is 0 Å². The van der Waals surface area contributed by atoms with Crippen LogP contribution in [0.4, 0.5) is 5.82 Å². The highest BCUT2D eigenvalue weighted by Crippen LogP contribution is 2.40. The molecule has 3 atom stereocenters. The van der Waals surface area contributed by atoms with E-state index in [1.807, 2.05) is 30.4 Å². The summed E-state index contributed by atoms with van der Waals surface area (Å²) in [4.78, 5) is 4.26. The Bertz CT molecular complexity index is 427. The molecule has 19 heavy (non-hydrogen) atoms. The largest absolute Gasteiger partial charge is 0.383 e. The number of aromatic nitrogens is 1. The Balaban J connectivity index is 2.29. The lowest BCUT2D eigenvalue weighted by Gasteiger charge is -2.36. The first-order valence-electron chi connectivity index (χ1n) is 6.58. The monoisotopic (exact) mass is 298 g/mol. The minimum absolute atomic E-state index is 0.0650. The van der Waals surface area contributed by atoms with Crippen molar-refractivity contribution in [2.45, 2.75) is 36.8 Å². The van der Waals surface area contributed by atoms with Gasteiger partial charge in [0.05, 0.1) is 6.04 Å². The Hall–Kier alpha value is -0.430. The van der Waals surface area contributed by atoms with Crippen LogP contribution in [-0.2, 0) is 0 Å². The quantitative estimate of drug-likeness (QED) is 0.584. The fourth-order valence-corrected chi connectivity index (χ4v) is 5.68. The third-order valence-corrected chi connectivity index (χ3v) is 6.77. The summed E-state index contributed by atoms with van der Waals surface area (Å²) in [7, 11) is 0. The average molecular weight is 298 g/mol. The van der Waals surface area contributed by atoms with Crippen LogP contribution in [0.5, 0.6) is 0 Å². The SMILES string of the molecule is CCC1SCCSC1C(NN)c1cc(C)cnc1N. The lowest BCUT2D eigenvalue weighted by molar-refractivity contribution is 0.513. The maximum atomic E-state index is 6.04. The zero-order chi connectivity index (χ0) is 13.8. The van der Waals surface area contributed by atoms with Crippen LogP contribution in [0.15, 0.2) is 12.3 Å². The van der Waals surface area contributed by atoms with E-state index in [9.17, 15) is 0 Å². The summed E-state index contributed by atoms with van der Waals surface area (Å²) < 4.78 is 0. The summed E-state index contributed by atoms with van der Waals surface area (Å²) in [6, 6.07) is 2.16. The zero-order valence-corrected chi connectivity index (χ0v) is 13.1. The van der Waals surface area contributed by atoms with E-state index in [0.29, 0.717) is 16.3 Å². The molecule has 0 radical (unpaired) electrons. The molecule has 2 rings (SSSR count). The van der Waals surface area contributed by atoms with Crippen molar-refractivity contribution in [3.63, 3.8) is 0 Å². The maximum absolute atomic E-state index is 6.04. The molecule has 1 saturated heterocycles. The summed E-state index contributed by atoms with van der Waals surface area (Å²) in [5.74, 6) is 8.79. The third-order valence-electron chi connectivity index (χ3n) is 3.42. The highest BCUT2D eigenvalue weighted by molar-refractivity contribution is 8.07. The molecule has 1 aromatic heterocycles. The maximum Gasteiger partial charge on any atom is 0.128 e. The Labute approximate surface area is 123 Å². The molecule has 5 N–H and O–H groups in total. The van der Waals surface area contributed by atoms with Gasteiger partial charge in [0.15, 0.2) is 0 Å². The van der Waals surface area contributed by atoms with Gasteiger partial charge >= 0.3 is 0 Å². The summed E-state index contributed by atoms with van der Waals surface area (Å²) in [5.41, 5.74) is 11.1. The van der Waals surface area contributed by atoms with Crippen LogP contribution in [0.3, 0.4) is 0 Å². The number of thioether (sulfide) groups is 2. The van der Waals surface area contributed by atoms with Gasteiger partial charge in [0.25, 0.3) is 0 Å². The van der Waals surface area contributed by atoms with Crippen molar-refractivity contribution in [1.82, 2.24) is 10.4 Å². The molecule has 0 aromatic carbocycles. The number of aryl methyl sites for hydroxylation is 1. The fraction of sp³-hybridized carbons (Fsp3) is 0.615. The Morgan fingerprint density at radius 3 is 2.89 bits per heavy atom. The number of nitrogens with zero attached hydrogens (tertiary/aromatic N) is 1. The van der Waals surface area contributed by atoms with Crippen LogP contribution in [0, 0.1) is 6.92 Å². The Kier molecular flexibility index (Phi) is 5.38. The number of nitrogens with two attached hydrogens (primary N) is 2. The molecule has 0 bridgehead atoms. The van der Waals surface area contributed by atoms with E-state index < -0.39 is 0 Å². The molecule has 0 amide bonds. The first kappa shape index (κ1) is 15.0. The predicted molar refractivity (Wildman–Crippen MR) is 86.2 cm³/mol. The molecular formula is C13H22N4S2. The van der Waals surface area contributed by atoms with E-state index in [1.54, 1.807) is 6.20 Å². The van der Waals surface area contributed by atoms with Crippen LogP contribution in [0.25, 0.3) is 0 Å². The fourth-order valence-electron chi connectivity index (χ4n) is 2.46. The Morgan fingerprint density at radius 2 is 2.21 bits per heavy atom. The van der Waals surface area contributed by atoms with E-state index in [-0.39, 0.29) is 6.04 Å². The van der Waals surface area contributed by atoms with Crippen molar-refractivity contribution in [2.24, 2.45) is 5.84 Å². The minimum atomic E-state index is 0.0650. The molecule has 0 aliphatic carbocycles. The van der Waals surface area contributed by atoms with Gasteiger partial charge in [0, 0.05) is 33.8 Å². The topological polar surface area (TPSA) is 77.0 Å². The van der Waals surface area contributed by atoms with Crippen LogP contribution in [-0.4, -0.2) is 27.0 Å². The van der Waals surface area contributed by atoms with Gasteiger partial charge in [-0.05, 0) is 25.0 Å². The summed E-state index contributed by atoms with van der Waals surface area (Å²) in [6.45, 7) is 4.27. The number of pyridine rings is 1. The van der Waals surface area contributed by atoms with Crippen LogP contribution < -0.4 is 17.0 Å². The van der Waals surface area contributed by atoms with Gasteiger partial charge in [-0.3, -0.25) is 11.3 Å². The van der Waals surface area contributed by atoms with Crippen molar-refractivity contribution >= 4 is 29.3 Å². The second-order valence-corrected chi connectivity index (χ2v) is 7.42. The van der Waals surface area contributed by atoms with Gasteiger partial charge in [0.1, 0.15) is 5.82 Å². The number of anilines is 1. The van der Waals surface area contributed by atoms with Gasteiger partial charge in [-0.15, -0.1) is 0 Å². The van der Waals surface area contributed by atoms with Crippen LogP contribution >= 0.6 is 23.5 Å². The van der Waals surface area contributed by atoms with Gasteiger partial charge in [-0.1, -0.05) is 6.92 Å².